The summed E-state index contributed by atoms with van der Waals surface area (Å²) in [7, 11) is 0. The molecule has 0 rings (SSSR count). The van der Waals surface area contributed by atoms with Crippen molar-refractivity contribution in [3.8, 4) is 0 Å². The average molecular weight is 1890 g/mol. The van der Waals surface area contributed by atoms with Crippen molar-refractivity contribution >= 4 is 522 Å². The second-order valence-corrected chi connectivity index (χ2v) is 42.3. The molecule has 0 saturated carbocycles. The molecule has 0 saturated heterocycles. The minimum atomic E-state index is -3.83. The minimum Gasteiger partial charge on any atom is -0.750 e. The van der Waals surface area contributed by atoms with Crippen LogP contribution in [0.3, 0.4) is 0 Å². The summed E-state index contributed by atoms with van der Waals surface area (Å²) >= 11 is 279. The van der Waals surface area contributed by atoms with Gasteiger partial charge in [-0.05, 0) is 0 Å². The van der Waals surface area contributed by atoms with E-state index < -0.39 is 101 Å². The van der Waals surface area contributed by atoms with Crippen molar-refractivity contribution in [3.63, 3.8) is 0 Å². The van der Waals surface area contributed by atoms with E-state index in [1.165, 1.54) is 0 Å². The molecule has 0 radical (unpaired) electrons. The molecule has 0 aliphatic rings. The van der Waals surface area contributed by atoms with Crippen molar-refractivity contribution in [1.82, 2.24) is 0 Å². The fourth-order valence-electron chi connectivity index (χ4n) is 3.71. The lowest BCUT2D eigenvalue weighted by Crippen LogP contribution is -2.76. The molecule has 1 unspecified atom stereocenters. The van der Waals surface area contributed by atoms with Gasteiger partial charge in [-0.15, -0.1) is 0 Å². The van der Waals surface area contributed by atoms with Crippen LogP contribution in [0.5, 0.6) is 0 Å². The summed E-state index contributed by atoms with van der Waals surface area (Å²) in [6, 6.07) is 0. The standard InChI is InChI=1S/C21Cl44.H2O3S/c22-1(23,2(24,25)4(28,29)6(32,33)8(36,37)10(40,41)12(44,45)14(48,49)16(52,53)18(56,57)20(60,61)62)3(26,27)5(30,31)7(34,35)9(38,39)11(42,43)13(46,47)15(50,51)17(54,55)19(58,59)21(63,64)65;1-4(2)3/h;(H2,1,2,3)/p-1. The van der Waals surface area contributed by atoms with Gasteiger partial charge in [0.1, 0.15) is 0 Å². The van der Waals surface area contributed by atoms with E-state index in [-0.39, 0.29) is 0 Å². The minimum absolute atomic E-state index is 2.86. The SMILES string of the molecule is ClC(Cl)(Cl)C(Cl)(Cl)C(Cl)(Cl)C(Cl)(Cl)C(Cl)(Cl)C(Cl)(Cl)C(Cl)(Cl)C(Cl)(Cl)C(Cl)(Cl)C(Cl)(Cl)C(Cl)(Cl)C(Cl)(Cl)C(Cl)(Cl)C(Cl)(Cl)C(Cl)(Cl)C(Cl)(Cl)C(Cl)(Cl)C(Cl)(Cl)C(Cl)(Cl)C(Cl)(Cl)C(Cl)(Cl)Cl.O=S([O-])O. The Morgan fingerprint density at radius 1 is 0.188 bits per heavy atom. The molecule has 0 bridgehead atoms. The summed E-state index contributed by atoms with van der Waals surface area (Å²) in [6.07, 6.45) is 0. The molecular weight excluding hydrogens is 1890 g/mol. The maximum Gasteiger partial charge on any atom is 0.226 e. The lowest BCUT2D eigenvalue weighted by atomic mass is 9.95. The largest absolute Gasteiger partial charge is 0.750 e. The summed E-state index contributed by atoms with van der Waals surface area (Å²) < 4.78 is -50.3. The number of hydrogen-bond donors (Lipinski definition) is 1. The molecular formula is C21HCl44O3S-. The summed E-state index contributed by atoms with van der Waals surface area (Å²) in [6.45, 7) is 0. The molecule has 0 fully saturated rings. The Kier molecular flexibility index (Phi) is 31.1. The van der Waals surface area contributed by atoms with Crippen LogP contribution < -0.4 is 0 Å². The molecule has 0 amide bonds. The Bertz CT molecular complexity index is 1720. The lowest BCUT2D eigenvalue weighted by Gasteiger charge is -2.59. The number of rotatable bonds is 18. The quantitative estimate of drug-likeness (QED) is 0.110. The van der Waals surface area contributed by atoms with Gasteiger partial charge in [0.05, 0.1) is 11.4 Å². The van der Waals surface area contributed by atoms with Crippen LogP contribution in [0.4, 0.5) is 0 Å². The molecule has 0 spiro atoms. The van der Waals surface area contributed by atoms with Gasteiger partial charge in [0.2, 0.25) is 16.3 Å². The van der Waals surface area contributed by atoms with Crippen molar-refractivity contribution < 1.29 is 13.3 Å². The zero-order valence-corrected chi connectivity index (χ0v) is 62.9. The molecule has 3 nitrogen and oxygen atoms in total. The van der Waals surface area contributed by atoms with Crippen LogP contribution in [0.1, 0.15) is 0 Å². The van der Waals surface area contributed by atoms with Gasteiger partial charge in [0.25, 0.3) is 0 Å². The van der Waals surface area contributed by atoms with Gasteiger partial charge in [-0.25, -0.2) is 4.21 Å². The van der Waals surface area contributed by atoms with E-state index >= 15 is 0 Å². The van der Waals surface area contributed by atoms with Gasteiger partial charge in [0.15, 0.2) is 73.7 Å². The third kappa shape index (κ3) is 13.5. The number of halogens is 44. The van der Waals surface area contributed by atoms with Gasteiger partial charge >= 0.3 is 0 Å². The van der Waals surface area contributed by atoms with Gasteiger partial charge < -0.3 is 9.11 Å². The van der Waals surface area contributed by atoms with E-state index in [1.54, 1.807) is 0 Å². The highest BCUT2D eigenvalue weighted by Gasteiger charge is 2.89. The predicted octanol–water partition coefficient (Wildman–Crippen LogP) is 25.4. The van der Waals surface area contributed by atoms with Gasteiger partial charge in [-0.2, -0.15) is 0 Å². The zero-order valence-electron chi connectivity index (χ0n) is 28.8. The van der Waals surface area contributed by atoms with E-state index in [2.05, 4.69) is 0 Å². The average Bonchev–Trinajstić information content (AvgIpc) is 3.08. The predicted molar refractivity (Wildman–Crippen MR) is 326 cm³/mol. The first-order valence-electron chi connectivity index (χ1n) is 13.8. The first kappa shape index (κ1) is 83.9. The van der Waals surface area contributed by atoms with Gasteiger partial charge in [0, 0.05) is 0 Å². The van der Waals surface area contributed by atoms with E-state index in [4.69, 9.17) is 524 Å². The van der Waals surface area contributed by atoms with Crippen LogP contribution >= 0.6 is 510 Å². The Balaban J connectivity index is 0. The van der Waals surface area contributed by atoms with E-state index in [0.29, 0.717) is 0 Å². The van der Waals surface area contributed by atoms with E-state index in [1.807, 2.05) is 0 Å². The Hall–Kier alpha value is 12.8. The van der Waals surface area contributed by atoms with Gasteiger partial charge in [-0.1, -0.05) is 510 Å². The summed E-state index contributed by atoms with van der Waals surface area (Å²) in [4.78, 5) is 0. The Morgan fingerprint density at radius 3 is 0.275 bits per heavy atom. The summed E-state index contributed by atoms with van der Waals surface area (Å²) in [5.74, 6) is 0. The zero-order chi connectivity index (χ0) is 58.1. The third-order valence-electron chi connectivity index (χ3n) is 7.81. The summed E-state index contributed by atoms with van der Waals surface area (Å²) in [5, 5.41) is 0. The molecule has 0 heterocycles. The fourth-order valence-corrected chi connectivity index (χ4v) is 18.6. The molecule has 418 valence electrons. The molecule has 0 aromatic rings. The van der Waals surface area contributed by atoms with Crippen LogP contribution in [0.2, 0.25) is 0 Å². The molecule has 1 atom stereocenters. The molecule has 0 aliphatic carbocycles. The molecule has 0 aromatic heterocycles. The highest BCUT2D eigenvalue weighted by Crippen LogP contribution is 2.80. The van der Waals surface area contributed by atoms with Crippen molar-refractivity contribution in [1.29, 1.82) is 0 Å². The van der Waals surface area contributed by atoms with Crippen LogP contribution in [0.25, 0.3) is 0 Å². The molecule has 0 aromatic carbocycles. The van der Waals surface area contributed by atoms with Crippen molar-refractivity contribution in [2.24, 2.45) is 0 Å². The van der Waals surface area contributed by atoms with Crippen LogP contribution in [-0.4, -0.2) is 103 Å². The maximum absolute atomic E-state index is 8.56. The molecule has 1 N–H and O–H groups in total. The lowest BCUT2D eigenvalue weighted by molar-refractivity contribution is 0.386. The third-order valence-corrected chi connectivity index (χ3v) is 39.2. The first-order valence-corrected chi connectivity index (χ1v) is 31.5. The smallest absolute Gasteiger partial charge is 0.226 e. The highest BCUT2D eigenvalue weighted by atomic mass is 35.6. The second kappa shape index (κ2) is 25.6. The summed E-state index contributed by atoms with van der Waals surface area (Å²) in [5.41, 5.74) is 0. The normalized spacial score (nSPS) is 17.4. The van der Waals surface area contributed by atoms with Crippen molar-refractivity contribution in [2.45, 2.75) is 89.9 Å². The van der Waals surface area contributed by atoms with Crippen LogP contribution in [0.15, 0.2) is 0 Å². The highest BCUT2D eigenvalue weighted by molar-refractivity contribution is 7.73. The van der Waals surface area contributed by atoms with E-state index in [9.17, 15) is 0 Å². The maximum atomic E-state index is 8.56. The first-order chi connectivity index (χ1) is 28.7. The molecule has 69 heavy (non-hydrogen) atoms. The fraction of sp³-hybridized carbons (Fsp3) is 1.00. The topological polar surface area (TPSA) is 60.4 Å². The number of alkyl halides is 44. The monoisotopic (exact) mass is 1870 g/mol. The van der Waals surface area contributed by atoms with Gasteiger partial charge in [-0.3, -0.25) is 0 Å². The van der Waals surface area contributed by atoms with Crippen molar-refractivity contribution in [3.05, 3.63) is 0 Å². The number of hydrogen-bond acceptors (Lipinski definition) is 2. The van der Waals surface area contributed by atoms with Crippen LogP contribution in [0, 0.1) is 0 Å². The van der Waals surface area contributed by atoms with Crippen LogP contribution in [-0.2, 0) is 11.4 Å². The van der Waals surface area contributed by atoms with E-state index in [0.717, 1.165) is 0 Å². The second-order valence-electron chi connectivity index (χ2n) is 12.1. The molecule has 48 heteroatoms. The Labute approximate surface area is 614 Å². The van der Waals surface area contributed by atoms with Crippen molar-refractivity contribution in [2.75, 3.05) is 0 Å². The molecule has 0 aliphatic heterocycles. The Morgan fingerprint density at radius 2 is 0.232 bits per heavy atom.